The largest absolute Gasteiger partial charge is 0.480 e. The number of aliphatic carboxylic acids is 1. The predicted octanol–water partition coefficient (Wildman–Crippen LogP) is 0.288. The maximum atomic E-state index is 10.7. The van der Waals surface area contributed by atoms with Gasteiger partial charge in [0.2, 0.25) is 0 Å². The van der Waals surface area contributed by atoms with Crippen LogP contribution in [0.3, 0.4) is 0 Å². The minimum atomic E-state index is -0.956. The van der Waals surface area contributed by atoms with Gasteiger partial charge in [0, 0.05) is 19.6 Å². The number of carboxylic acids is 1. The first-order valence-corrected chi connectivity index (χ1v) is 5.52. The molecule has 0 aromatic carbocycles. The van der Waals surface area contributed by atoms with Crippen LogP contribution in [0.4, 0.5) is 0 Å². The van der Waals surface area contributed by atoms with Crippen molar-refractivity contribution >= 4 is 5.97 Å². The average molecular weight is 230 g/mol. The number of nitrogens with zero attached hydrogens (tertiary/aromatic N) is 1. The van der Waals surface area contributed by atoms with Crippen molar-refractivity contribution in [3.63, 3.8) is 0 Å². The Kier molecular flexibility index (Phi) is 3.62. The molecule has 1 rings (SSSR count). The van der Waals surface area contributed by atoms with Gasteiger partial charge in [0.1, 0.15) is 6.04 Å². The summed E-state index contributed by atoms with van der Waals surface area (Å²) >= 11 is 0. The quantitative estimate of drug-likeness (QED) is 0.728. The molecule has 0 spiro atoms. The minimum Gasteiger partial charge on any atom is -0.480 e. The Morgan fingerprint density at radius 2 is 1.81 bits per heavy atom. The second kappa shape index (κ2) is 4.31. The van der Waals surface area contributed by atoms with Crippen molar-refractivity contribution in [1.82, 2.24) is 4.90 Å². The second-order valence-corrected chi connectivity index (χ2v) is 5.74. The molecule has 1 fully saturated rings. The topological polar surface area (TPSA) is 75.8 Å². The van der Waals surface area contributed by atoms with E-state index in [9.17, 15) is 4.79 Å². The lowest BCUT2D eigenvalue weighted by Gasteiger charge is -2.47. The summed E-state index contributed by atoms with van der Waals surface area (Å²) in [6.45, 7) is 9.81. The fourth-order valence-electron chi connectivity index (χ4n) is 2.43. The number of ether oxygens (including phenoxy) is 1. The lowest BCUT2D eigenvalue weighted by Crippen LogP contribution is -2.59. The Bertz CT molecular complexity index is 260. The van der Waals surface area contributed by atoms with E-state index in [4.69, 9.17) is 15.6 Å². The third-order valence-corrected chi connectivity index (χ3v) is 2.53. The maximum Gasteiger partial charge on any atom is 0.321 e. The second-order valence-electron chi connectivity index (χ2n) is 5.74. The molecule has 0 aromatic rings. The highest BCUT2D eigenvalue weighted by atomic mass is 16.5. The summed E-state index contributed by atoms with van der Waals surface area (Å²) in [5.41, 5.74) is 5.01. The van der Waals surface area contributed by atoms with Gasteiger partial charge >= 0.3 is 5.97 Å². The molecular weight excluding hydrogens is 208 g/mol. The van der Waals surface area contributed by atoms with E-state index in [1.165, 1.54) is 0 Å². The molecule has 5 heteroatoms. The SMILES string of the molecule is CC1(C)CN(CC(N)C(=O)O)CC(C)(C)O1. The lowest BCUT2D eigenvalue weighted by atomic mass is 9.98. The molecule has 0 radical (unpaired) electrons. The van der Waals surface area contributed by atoms with Gasteiger partial charge in [-0.1, -0.05) is 0 Å². The van der Waals surface area contributed by atoms with Gasteiger partial charge in [0.05, 0.1) is 11.2 Å². The molecule has 1 aliphatic rings. The van der Waals surface area contributed by atoms with Crippen LogP contribution < -0.4 is 5.73 Å². The number of rotatable bonds is 3. The zero-order chi connectivity index (χ0) is 12.6. The number of hydrogen-bond acceptors (Lipinski definition) is 4. The highest BCUT2D eigenvalue weighted by Gasteiger charge is 2.38. The fourth-order valence-corrected chi connectivity index (χ4v) is 2.43. The first-order chi connectivity index (χ1) is 7.11. The normalized spacial score (nSPS) is 26.3. The van der Waals surface area contributed by atoms with Gasteiger partial charge in [-0.2, -0.15) is 0 Å². The van der Waals surface area contributed by atoms with Gasteiger partial charge < -0.3 is 15.6 Å². The van der Waals surface area contributed by atoms with Crippen LogP contribution in [-0.2, 0) is 9.53 Å². The fraction of sp³-hybridized carbons (Fsp3) is 0.909. The van der Waals surface area contributed by atoms with Crippen molar-refractivity contribution in [2.45, 2.75) is 44.9 Å². The van der Waals surface area contributed by atoms with Gasteiger partial charge in [0.15, 0.2) is 0 Å². The van der Waals surface area contributed by atoms with E-state index in [2.05, 4.69) is 4.90 Å². The van der Waals surface area contributed by atoms with Crippen LogP contribution in [-0.4, -0.2) is 52.9 Å². The summed E-state index contributed by atoms with van der Waals surface area (Å²) in [7, 11) is 0. The number of morpholine rings is 1. The van der Waals surface area contributed by atoms with Crippen molar-refractivity contribution in [3.8, 4) is 0 Å². The summed E-state index contributed by atoms with van der Waals surface area (Å²) in [6.07, 6.45) is 0. The van der Waals surface area contributed by atoms with E-state index in [-0.39, 0.29) is 11.2 Å². The Morgan fingerprint density at radius 1 is 1.38 bits per heavy atom. The van der Waals surface area contributed by atoms with E-state index in [1.54, 1.807) is 0 Å². The molecule has 1 atom stereocenters. The summed E-state index contributed by atoms with van der Waals surface area (Å²) < 4.78 is 5.90. The number of nitrogens with two attached hydrogens (primary N) is 1. The number of hydrogen-bond donors (Lipinski definition) is 2. The highest BCUT2D eigenvalue weighted by Crippen LogP contribution is 2.27. The van der Waals surface area contributed by atoms with E-state index in [0.29, 0.717) is 19.6 Å². The van der Waals surface area contributed by atoms with E-state index >= 15 is 0 Å². The molecule has 1 saturated heterocycles. The van der Waals surface area contributed by atoms with E-state index in [0.717, 1.165) is 0 Å². The summed E-state index contributed by atoms with van der Waals surface area (Å²) in [5, 5.41) is 8.79. The monoisotopic (exact) mass is 230 g/mol. The Hall–Kier alpha value is -0.650. The Labute approximate surface area is 96.6 Å². The van der Waals surface area contributed by atoms with Crippen molar-refractivity contribution in [2.24, 2.45) is 5.73 Å². The van der Waals surface area contributed by atoms with Crippen molar-refractivity contribution in [1.29, 1.82) is 0 Å². The van der Waals surface area contributed by atoms with Gasteiger partial charge in [-0.3, -0.25) is 9.69 Å². The molecule has 1 aliphatic heterocycles. The van der Waals surface area contributed by atoms with Crippen LogP contribution in [0.1, 0.15) is 27.7 Å². The van der Waals surface area contributed by atoms with Crippen LogP contribution in [0.5, 0.6) is 0 Å². The van der Waals surface area contributed by atoms with Gasteiger partial charge in [-0.25, -0.2) is 0 Å². The minimum absolute atomic E-state index is 0.264. The molecule has 1 unspecified atom stereocenters. The molecule has 1 heterocycles. The summed E-state index contributed by atoms with van der Waals surface area (Å²) in [5.74, 6) is -0.956. The Morgan fingerprint density at radius 3 is 2.19 bits per heavy atom. The molecule has 16 heavy (non-hydrogen) atoms. The maximum absolute atomic E-state index is 10.7. The van der Waals surface area contributed by atoms with E-state index < -0.39 is 12.0 Å². The average Bonchev–Trinajstić information content (AvgIpc) is 1.96. The van der Waals surface area contributed by atoms with Gasteiger partial charge in [-0.15, -0.1) is 0 Å². The number of carboxylic acid groups (broad SMARTS) is 1. The van der Waals surface area contributed by atoms with Gasteiger partial charge in [-0.05, 0) is 27.7 Å². The van der Waals surface area contributed by atoms with E-state index in [1.807, 2.05) is 27.7 Å². The lowest BCUT2D eigenvalue weighted by molar-refractivity contribution is -0.182. The van der Waals surface area contributed by atoms with Gasteiger partial charge in [0.25, 0.3) is 0 Å². The predicted molar refractivity (Wildman–Crippen MR) is 61.3 cm³/mol. The first-order valence-electron chi connectivity index (χ1n) is 5.52. The van der Waals surface area contributed by atoms with Crippen LogP contribution >= 0.6 is 0 Å². The van der Waals surface area contributed by atoms with Crippen LogP contribution in [0.25, 0.3) is 0 Å². The van der Waals surface area contributed by atoms with Crippen LogP contribution in [0, 0.1) is 0 Å². The Balaban J connectivity index is 2.64. The number of carbonyl (C=O) groups is 1. The molecule has 3 N–H and O–H groups in total. The molecule has 0 bridgehead atoms. The molecule has 0 amide bonds. The molecular formula is C11H22N2O3. The third kappa shape index (κ3) is 3.73. The van der Waals surface area contributed by atoms with Crippen LogP contribution in [0.2, 0.25) is 0 Å². The van der Waals surface area contributed by atoms with Crippen molar-refractivity contribution in [2.75, 3.05) is 19.6 Å². The smallest absolute Gasteiger partial charge is 0.321 e. The van der Waals surface area contributed by atoms with Crippen LogP contribution in [0.15, 0.2) is 0 Å². The highest BCUT2D eigenvalue weighted by molar-refractivity contribution is 5.73. The molecule has 0 saturated carbocycles. The van der Waals surface area contributed by atoms with Crippen molar-refractivity contribution < 1.29 is 14.6 Å². The zero-order valence-corrected chi connectivity index (χ0v) is 10.5. The molecule has 0 aliphatic carbocycles. The zero-order valence-electron chi connectivity index (χ0n) is 10.5. The summed E-state index contributed by atoms with van der Waals surface area (Å²) in [4.78, 5) is 12.8. The third-order valence-electron chi connectivity index (χ3n) is 2.53. The molecule has 0 aromatic heterocycles. The molecule has 5 nitrogen and oxygen atoms in total. The standard InChI is InChI=1S/C11H22N2O3/c1-10(2)6-13(5-8(12)9(14)15)7-11(3,4)16-10/h8H,5-7,12H2,1-4H3,(H,14,15). The molecule has 94 valence electrons. The first kappa shape index (κ1) is 13.4. The van der Waals surface area contributed by atoms with Crippen molar-refractivity contribution in [3.05, 3.63) is 0 Å². The summed E-state index contributed by atoms with van der Waals surface area (Å²) in [6, 6.07) is -0.829.